The summed E-state index contributed by atoms with van der Waals surface area (Å²) in [5, 5.41) is 11.2. The highest BCUT2D eigenvalue weighted by atomic mass is 32.1. The summed E-state index contributed by atoms with van der Waals surface area (Å²) in [6, 6.07) is 9.31. The van der Waals surface area contributed by atoms with E-state index < -0.39 is 17.7 Å². The van der Waals surface area contributed by atoms with Crippen LogP contribution in [0.25, 0.3) is 6.08 Å². The smallest absolute Gasteiger partial charge is 0.328 e. The highest BCUT2D eigenvalue weighted by molar-refractivity contribution is 7.12. The van der Waals surface area contributed by atoms with Crippen LogP contribution >= 0.6 is 11.3 Å². The van der Waals surface area contributed by atoms with E-state index in [1.807, 2.05) is 0 Å². The minimum Gasteiger partial charge on any atom is -0.478 e. The van der Waals surface area contributed by atoms with Gasteiger partial charge >= 0.3 is 5.97 Å². The van der Waals surface area contributed by atoms with E-state index in [4.69, 9.17) is 5.11 Å². The monoisotopic (exact) mass is 305 g/mol. The predicted molar refractivity (Wildman–Crippen MR) is 78.6 cm³/mol. The van der Waals surface area contributed by atoms with Gasteiger partial charge in [0.15, 0.2) is 0 Å². The van der Waals surface area contributed by atoms with Crippen LogP contribution in [-0.2, 0) is 11.3 Å². The average molecular weight is 305 g/mol. The van der Waals surface area contributed by atoms with Crippen LogP contribution in [0.5, 0.6) is 0 Å². The van der Waals surface area contributed by atoms with E-state index in [-0.39, 0.29) is 12.1 Å². The number of thiophene rings is 1. The van der Waals surface area contributed by atoms with Gasteiger partial charge in [0.25, 0.3) is 5.91 Å². The van der Waals surface area contributed by atoms with Crippen LogP contribution in [-0.4, -0.2) is 17.0 Å². The van der Waals surface area contributed by atoms with Gasteiger partial charge in [-0.1, -0.05) is 12.1 Å². The van der Waals surface area contributed by atoms with Gasteiger partial charge in [-0.25, -0.2) is 9.18 Å². The van der Waals surface area contributed by atoms with Crippen molar-refractivity contribution in [3.8, 4) is 0 Å². The van der Waals surface area contributed by atoms with Crippen LogP contribution in [0, 0.1) is 5.82 Å². The molecule has 2 N–H and O–H groups in total. The number of carbonyl (C=O) groups excluding carboxylic acids is 1. The Kier molecular flexibility index (Phi) is 4.84. The van der Waals surface area contributed by atoms with Crippen LogP contribution in [0.4, 0.5) is 4.39 Å². The van der Waals surface area contributed by atoms with Gasteiger partial charge in [-0.05, 0) is 30.3 Å². The number of carboxylic acids is 1. The minimum absolute atomic E-state index is 0.0000487. The van der Waals surface area contributed by atoms with E-state index in [1.165, 1.54) is 35.6 Å². The molecule has 0 atom stereocenters. The second kappa shape index (κ2) is 6.81. The Morgan fingerprint density at radius 1 is 1.24 bits per heavy atom. The summed E-state index contributed by atoms with van der Waals surface area (Å²) in [5.74, 6) is -2.06. The van der Waals surface area contributed by atoms with Gasteiger partial charge in [-0.3, -0.25) is 4.79 Å². The molecule has 0 saturated carbocycles. The average Bonchev–Trinajstić information content (AvgIpc) is 2.91. The first-order valence-corrected chi connectivity index (χ1v) is 6.90. The lowest BCUT2D eigenvalue weighted by molar-refractivity contribution is -0.131. The lowest BCUT2D eigenvalue weighted by Gasteiger charge is -2.04. The molecule has 1 aromatic heterocycles. The van der Waals surface area contributed by atoms with Gasteiger partial charge in [0.1, 0.15) is 5.82 Å². The lowest BCUT2D eigenvalue weighted by atomic mass is 10.2. The van der Waals surface area contributed by atoms with Crippen molar-refractivity contribution in [2.75, 3.05) is 0 Å². The predicted octanol–water partition coefficient (Wildman–Crippen LogP) is 2.92. The molecular weight excluding hydrogens is 293 g/mol. The maximum Gasteiger partial charge on any atom is 0.328 e. The summed E-state index contributed by atoms with van der Waals surface area (Å²) in [6.45, 7) is 0.263. The number of nitrogens with one attached hydrogen (secondary N) is 1. The molecule has 0 aliphatic rings. The molecule has 1 aromatic carbocycles. The molecule has 0 radical (unpaired) electrons. The summed E-state index contributed by atoms with van der Waals surface area (Å²) in [4.78, 5) is 23.9. The van der Waals surface area contributed by atoms with Gasteiger partial charge in [0.05, 0.1) is 12.1 Å². The van der Waals surface area contributed by atoms with Gasteiger partial charge in [0.2, 0.25) is 0 Å². The minimum atomic E-state index is -1.02. The first-order valence-electron chi connectivity index (χ1n) is 6.08. The molecule has 0 spiro atoms. The Morgan fingerprint density at radius 2 is 2.00 bits per heavy atom. The molecule has 0 unspecified atom stereocenters. The second-order valence-corrected chi connectivity index (χ2v) is 5.34. The number of benzene rings is 1. The number of carboxylic acid groups (broad SMARTS) is 1. The number of aliphatic carboxylic acids is 1. The number of carbonyl (C=O) groups is 2. The van der Waals surface area contributed by atoms with Crippen molar-refractivity contribution in [1.29, 1.82) is 0 Å². The molecule has 4 nitrogen and oxygen atoms in total. The van der Waals surface area contributed by atoms with E-state index in [1.54, 1.807) is 18.2 Å². The fourth-order valence-electron chi connectivity index (χ4n) is 1.64. The van der Waals surface area contributed by atoms with Gasteiger partial charge < -0.3 is 10.4 Å². The van der Waals surface area contributed by atoms with E-state index in [9.17, 15) is 14.0 Å². The molecule has 1 heterocycles. The van der Waals surface area contributed by atoms with Crippen molar-refractivity contribution in [2.24, 2.45) is 0 Å². The maximum atomic E-state index is 13.4. The molecule has 1 amide bonds. The second-order valence-electron chi connectivity index (χ2n) is 4.14. The van der Waals surface area contributed by atoms with Crippen molar-refractivity contribution in [3.63, 3.8) is 0 Å². The topological polar surface area (TPSA) is 66.4 Å². The number of rotatable bonds is 5. The van der Waals surface area contributed by atoms with Crippen LogP contribution in [0.2, 0.25) is 0 Å². The van der Waals surface area contributed by atoms with E-state index in [0.717, 1.165) is 15.8 Å². The molecule has 21 heavy (non-hydrogen) atoms. The summed E-state index contributed by atoms with van der Waals surface area (Å²) < 4.78 is 13.4. The van der Waals surface area contributed by atoms with Crippen molar-refractivity contribution in [1.82, 2.24) is 5.32 Å². The molecule has 0 saturated heterocycles. The first kappa shape index (κ1) is 14.9. The van der Waals surface area contributed by atoms with Gasteiger partial charge in [-0.2, -0.15) is 0 Å². The van der Waals surface area contributed by atoms with E-state index in [0.29, 0.717) is 0 Å². The Hall–Kier alpha value is -2.47. The highest BCUT2D eigenvalue weighted by Gasteiger charge is 2.10. The zero-order chi connectivity index (χ0) is 15.2. The summed E-state index contributed by atoms with van der Waals surface area (Å²) in [7, 11) is 0. The number of hydrogen-bond donors (Lipinski definition) is 2. The maximum absolute atomic E-state index is 13.4. The SMILES string of the molecule is O=C(O)C=Cc1ccc(CNC(=O)c2ccccc2F)s1. The molecule has 6 heteroatoms. The number of amides is 1. The Bertz CT molecular complexity index is 694. The number of halogens is 1. The van der Waals surface area contributed by atoms with Crippen molar-refractivity contribution >= 4 is 29.3 Å². The van der Waals surface area contributed by atoms with Crippen LogP contribution in [0.1, 0.15) is 20.1 Å². The molecular formula is C15H12FNO3S. The normalized spacial score (nSPS) is 10.7. The quantitative estimate of drug-likeness (QED) is 0.835. The Morgan fingerprint density at radius 3 is 2.71 bits per heavy atom. The molecule has 2 rings (SSSR count). The van der Waals surface area contributed by atoms with Crippen molar-refractivity contribution in [3.05, 3.63) is 63.6 Å². The summed E-state index contributed by atoms with van der Waals surface area (Å²) in [6.07, 6.45) is 2.53. The number of hydrogen-bond acceptors (Lipinski definition) is 3. The molecule has 0 fully saturated rings. The molecule has 0 aliphatic carbocycles. The highest BCUT2D eigenvalue weighted by Crippen LogP contribution is 2.18. The lowest BCUT2D eigenvalue weighted by Crippen LogP contribution is -2.23. The van der Waals surface area contributed by atoms with E-state index in [2.05, 4.69) is 5.32 Å². The zero-order valence-corrected chi connectivity index (χ0v) is 11.7. The molecule has 2 aromatic rings. The summed E-state index contributed by atoms with van der Waals surface area (Å²) in [5.41, 5.74) is 0.0000487. The first-order chi connectivity index (χ1) is 10.1. The van der Waals surface area contributed by atoms with Crippen molar-refractivity contribution < 1.29 is 19.1 Å². The fourth-order valence-corrected chi connectivity index (χ4v) is 2.50. The largest absolute Gasteiger partial charge is 0.478 e. The zero-order valence-electron chi connectivity index (χ0n) is 10.9. The summed E-state index contributed by atoms with van der Waals surface area (Å²) >= 11 is 1.36. The van der Waals surface area contributed by atoms with Crippen LogP contribution in [0.3, 0.4) is 0 Å². The molecule has 0 aliphatic heterocycles. The molecule has 108 valence electrons. The van der Waals surface area contributed by atoms with Crippen molar-refractivity contribution in [2.45, 2.75) is 6.54 Å². The third-order valence-electron chi connectivity index (χ3n) is 2.61. The third-order valence-corrected chi connectivity index (χ3v) is 3.66. The standard InChI is InChI=1S/C15H12FNO3S/c16-13-4-2-1-3-12(13)15(20)17-9-11-6-5-10(21-11)7-8-14(18)19/h1-8H,9H2,(H,17,20)(H,18,19). The Balaban J connectivity index is 1.96. The van der Waals surface area contributed by atoms with Gasteiger partial charge in [0, 0.05) is 15.8 Å². The molecule has 0 bridgehead atoms. The van der Waals surface area contributed by atoms with Gasteiger partial charge in [-0.15, -0.1) is 11.3 Å². The third kappa shape index (κ3) is 4.25. The van der Waals surface area contributed by atoms with Crippen LogP contribution < -0.4 is 5.32 Å². The van der Waals surface area contributed by atoms with Crippen LogP contribution in [0.15, 0.2) is 42.5 Å². The fraction of sp³-hybridized carbons (Fsp3) is 0.0667. The van der Waals surface area contributed by atoms with E-state index >= 15 is 0 Å². The Labute approximate surface area is 124 Å².